The summed E-state index contributed by atoms with van der Waals surface area (Å²) in [4.78, 5) is 25.3. The highest BCUT2D eigenvalue weighted by Gasteiger charge is 2.11. The van der Waals surface area contributed by atoms with Crippen molar-refractivity contribution >= 4 is 34.2 Å². The predicted molar refractivity (Wildman–Crippen MR) is 118 cm³/mol. The minimum Gasteiger partial charge on any atom is -0.315 e. The molecule has 7 heteroatoms. The number of rotatable bonds is 4. The molecule has 0 saturated carbocycles. The Balaban J connectivity index is 1.69. The highest BCUT2D eigenvalue weighted by Crippen LogP contribution is 2.24. The van der Waals surface area contributed by atoms with Gasteiger partial charge < -0.3 is 5.32 Å². The van der Waals surface area contributed by atoms with E-state index in [1.165, 1.54) is 0 Å². The van der Waals surface area contributed by atoms with E-state index in [0.717, 1.165) is 27.9 Å². The van der Waals surface area contributed by atoms with Gasteiger partial charge in [-0.15, -0.1) is 0 Å². The Bertz CT molecular complexity index is 1300. The number of aromatic nitrogens is 4. The fourth-order valence-electron chi connectivity index (χ4n) is 3.21. The Morgan fingerprint density at radius 2 is 2.10 bits per heavy atom. The van der Waals surface area contributed by atoms with Crippen molar-refractivity contribution in [3.8, 4) is 17.7 Å². The maximum absolute atomic E-state index is 11.8. The molecule has 0 radical (unpaired) electrons. The van der Waals surface area contributed by atoms with E-state index >= 15 is 0 Å². The number of nitrogens with one attached hydrogen (secondary N) is 1. The number of aryl methyl sites for hydroxylation is 1. The molecule has 6 nitrogen and oxygen atoms in total. The number of anilines is 1. The van der Waals surface area contributed by atoms with E-state index in [9.17, 15) is 4.79 Å². The van der Waals surface area contributed by atoms with Gasteiger partial charge in [0.25, 0.3) is 5.91 Å². The lowest BCUT2D eigenvalue weighted by Gasteiger charge is -2.10. The highest BCUT2D eigenvalue weighted by molar-refractivity contribution is 6.31. The Morgan fingerprint density at radius 3 is 2.90 bits per heavy atom. The average Bonchev–Trinajstić information content (AvgIpc) is 3.14. The van der Waals surface area contributed by atoms with Crippen LogP contribution >= 0.6 is 11.6 Å². The number of hydrogen-bond acceptors (Lipinski definition) is 4. The quantitative estimate of drug-likeness (QED) is 0.503. The third kappa shape index (κ3) is 4.02. The van der Waals surface area contributed by atoms with Crippen LogP contribution in [0.25, 0.3) is 16.9 Å². The van der Waals surface area contributed by atoms with E-state index in [4.69, 9.17) is 16.6 Å². The van der Waals surface area contributed by atoms with E-state index in [1.54, 1.807) is 31.7 Å². The maximum Gasteiger partial charge on any atom is 0.300 e. The first-order chi connectivity index (χ1) is 14.5. The molecule has 0 saturated heterocycles. The Morgan fingerprint density at radius 1 is 1.23 bits per heavy atom. The summed E-state index contributed by atoms with van der Waals surface area (Å²) in [5.41, 5.74) is 5.16. The average molecular weight is 416 g/mol. The van der Waals surface area contributed by atoms with Gasteiger partial charge in [-0.3, -0.25) is 14.3 Å². The van der Waals surface area contributed by atoms with Crippen LogP contribution in [-0.2, 0) is 11.2 Å². The molecule has 0 aliphatic rings. The minimum absolute atomic E-state index is 0.361. The second kappa shape index (κ2) is 8.36. The number of carbonyl (C=O) groups is 1. The van der Waals surface area contributed by atoms with Crippen molar-refractivity contribution in [2.75, 3.05) is 5.32 Å². The van der Waals surface area contributed by atoms with Crippen molar-refractivity contribution in [3.05, 3.63) is 77.0 Å². The van der Waals surface area contributed by atoms with Gasteiger partial charge in [-0.05, 0) is 55.2 Å². The Labute approximate surface area is 179 Å². The zero-order chi connectivity index (χ0) is 21.1. The Hall–Kier alpha value is -3.69. The standard InChI is InChI=1S/C23H18ClN5O/c1-3-5-23(30)28-16-8-9-20-21(11-16)29(14-26-20)22-13-25-12-17(27-22)10-18-15(2)6-4-7-19(18)24/h4,6-9,11-14H,10H2,1-2H3,(H,28,30). The molecule has 0 unspecified atom stereocenters. The summed E-state index contributed by atoms with van der Waals surface area (Å²) in [6, 6.07) is 11.3. The number of carbonyl (C=O) groups excluding carboxylic acids is 1. The number of amides is 1. The van der Waals surface area contributed by atoms with Gasteiger partial charge in [0.15, 0.2) is 5.82 Å². The first-order valence-corrected chi connectivity index (χ1v) is 9.69. The molecule has 30 heavy (non-hydrogen) atoms. The minimum atomic E-state index is -0.361. The third-order valence-electron chi connectivity index (χ3n) is 4.67. The van der Waals surface area contributed by atoms with Gasteiger partial charge in [0.1, 0.15) is 6.33 Å². The lowest BCUT2D eigenvalue weighted by molar-refractivity contribution is -0.111. The number of fused-ring (bicyclic) bond motifs is 1. The molecule has 148 valence electrons. The first kappa shape index (κ1) is 19.6. The molecule has 4 rings (SSSR count). The number of hydrogen-bond donors (Lipinski definition) is 1. The molecular formula is C23H18ClN5O. The molecule has 1 N–H and O–H groups in total. The number of benzene rings is 2. The fourth-order valence-corrected chi connectivity index (χ4v) is 3.50. The molecule has 0 aliphatic carbocycles. The predicted octanol–water partition coefficient (Wildman–Crippen LogP) is 4.33. The molecule has 1 amide bonds. The van der Waals surface area contributed by atoms with Crippen LogP contribution < -0.4 is 5.32 Å². The van der Waals surface area contributed by atoms with Crippen molar-refractivity contribution in [2.45, 2.75) is 20.3 Å². The van der Waals surface area contributed by atoms with Crippen molar-refractivity contribution < 1.29 is 4.79 Å². The van der Waals surface area contributed by atoms with Crippen LogP contribution in [0.5, 0.6) is 0 Å². The summed E-state index contributed by atoms with van der Waals surface area (Å²) >= 11 is 6.37. The van der Waals surface area contributed by atoms with Crippen LogP contribution in [-0.4, -0.2) is 25.4 Å². The number of imidazole rings is 1. The lowest BCUT2D eigenvalue weighted by Crippen LogP contribution is -2.08. The van der Waals surface area contributed by atoms with Crippen LogP contribution in [0.4, 0.5) is 5.69 Å². The summed E-state index contributed by atoms with van der Waals surface area (Å²) in [6.45, 7) is 3.65. The topological polar surface area (TPSA) is 72.7 Å². The molecule has 2 aromatic carbocycles. The van der Waals surface area contributed by atoms with Crippen LogP contribution in [0, 0.1) is 18.8 Å². The first-order valence-electron chi connectivity index (χ1n) is 9.31. The van der Waals surface area contributed by atoms with Gasteiger partial charge in [-0.2, -0.15) is 0 Å². The molecule has 0 bridgehead atoms. The zero-order valence-electron chi connectivity index (χ0n) is 16.5. The third-order valence-corrected chi connectivity index (χ3v) is 5.03. The van der Waals surface area contributed by atoms with E-state index in [1.807, 2.05) is 41.8 Å². The van der Waals surface area contributed by atoms with Gasteiger partial charge >= 0.3 is 0 Å². The van der Waals surface area contributed by atoms with Gasteiger partial charge in [0.05, 0.1) is 22.9 Å². The SMILES string of the molecule is CC#CC(=O)Nc1ccc2ncn(-c3cncc(Cc4c(C)cccc4Cl)n3)c2c1. The van der Waals surface area contributed by atoms with Gasteiger partial charge in [-0.25, -0.2) is 9.97 Å². The smallest absolute Gasteiger partial charge is 0.300 e. The second-order valence-electron chi connectivity index (χ2n) is 6.73. The van der Waals surface area contributed by atoms with Crippen molar-refractivity contribution in [1.29, 1.82) is 0 Å². The Kier molecular flexibility index (Phi) is 5.46. The monoisotopic (exact) mass is 415 g/mol. The van der Waals surface area contributed by atoms with Crippen LogP contribution in [0.3, 0.4) is 0 Å². The van der Waals surface area contributed by atoms with Crippen molar-refractivity contribution in [1.82, 2.24) is 19.5 Å². The largest absolute Gasteiger partial charge is 0.315 e. The molecule has 4 aromatic rings. The molecule has 2 aromatic heterocycles. The summed E-state index contributed by atoms with van der Waals surface area (Å²) < 4.78 is 1.84. The molecule has 0 atom stereocenters. The summed E-state index contributed by atoms with van der Waals surface area (Å²) in [7, 11) is 0. The maximum atomic E-state index is 11.8. The summed E-state index contributed by atoms with van der Waals surface area (Å²) in [5, 5.41) is 3.47. The van der Waals surface area contributed by atoms with E-state index in [-0.39, 0.29) is 5.91 Å². The van der Waals surface area contributed by atoms with E-state index in [0.29, 0.717) is 22.9 Å². The molecule has 0 fully saturated rings. The van der Waals surface area contributed by atoms with E-state index in [2.05, 4.69) is 27.1 Å². The highest BCUT2D eigenvalue weighted by atomic mass is 35.5. The van der Waals surface area contributed by atoms with E-state index < -0.39 is 0 Å². The molecule has 0 aliphatic heterocycles. The molecule has 2 heterocycles. The molecule has 0 spiro atoms. The normalized spacial score (nSPS) is 10.5. The molecular weight excluding hydrogens is 398 g/mol. The van der Waals surface area contributed by atoms with Crippen LogP contribution in [0.1, 0.15) is 23.7 Å². The lowest BCUT2D eigenvalue weighted by atomic mass is 10.0. The van der Waals surface area contributed by atoms with Gasteiger partial charge in [0, 0.05) is 23.3 Å². The van der Waals surface area contributed by atoms with Crippen molar-refractivity contribution in [2.24, 2.45) is 0 Å². The summed E-state index contributed by atoms with van der Waals surface area (Å²) in [5.74, 6) is 5.32. The van der Waals surface area contributed by atoms with Gasteiger partial charge in [0.2, 0.25) is 0 Å². The van der Waals surface area contributed by atoms with Crippen LogP contribution in [0.2, 0.25) is 5.02 Å². The number of nitrogens with zero attached hydrogens (tertiary/aromatic N) is 4. The van der Waals surface area contributed by atoms with Crippen LogP contribution in [0.15, 0.2) is 55.1 Å². The second-order valence-corrected chi connectivity index (χ2v) is 7.14. The fraction of sp³-hybridized carbons (Fsp3) is 0.130. The zero-order valence-corrected chi connectivity index (χ0v) is 17.2. The van der Waals surface area contributed by atoms with Gasteiger partial charge in [-0.1, -0.05) is 29.7 Å². The van der Waals surface area contributed by atoms with Crippen molar-refractivity contribution in [3.63, 3.8) is 0 Å². The number of halogens is 1. The summed E-state index contributed by atoms with van der Waals surface area (Å²) in [6.07, 6.45) is 5.69.